The molecule has 4 rings (SSSR count). The zero-order valence-corrected chi connectivity index (χ0v) is 16.1. The highest BCUT2D eigenvalue weighted by Crippen LogP contribution is 2.22. The minimum absolute atomic E-state index is 0.269. The van der Waals surface area contributed by atoms with Crippen LogP contribution in [0.15, 0.2) is 66.9 Å². The number of anilines is 1. The molecule has 2 aromatic carbocycles. The highest BCUT2D eigenvalue weighted by Gasteiger charge is 2.14. The Kier molecular flexibility index (Phi) is 5.11. The topological polar surface area (TPSA) is 78.3 Å². The molecule has 0 aliphatic carbocycles. The number of hydrogen-bond acceptors (Lipinski definition) is 5. The summed E-state index contributed by atoms with van der Waals surface area (Å²) in [7, 11) is 3.35. The number of aromatic nitrogens is 3. The van der Waals surface area contributed by atoms with E-state index in [0.717, 1.165) is 22.2 Å². The number of carbonyl (C=O) groups excluding carboxylic acids is 1. The number of methoxy groups -OCH3 is 1. The van der Waals surface area contributed by atoms with E-state index >= 15 is 0 Å². The lowest BCUT2D eigenvalue weighted by Crippen LogP contribution is -2.13. The van der Waals surface area contributed by atoms with Crippen LogP contribution in [-0.2, 0) is 13.7 Å². The average Bonchev–Trinajstić information content (AvgIpc) is 3.13. The zero-order chi connectivity index (χ0) is 20.2. The normalized spacial score (nSPS) is 10.7. The molecule has 0 saturated heterocycles. The molecule has 0 fully saturated rings. The summed E-state index contributed by atoms with van der Waals surface area (Å²) >= 11 is 0. The third-order valence-corrected chi connectivity index (χ3v) is 4.45. The predicted octanol–water partition coefficient (Wildman–Crippen LogP) is 3.81. The van der Waals surface area contributed by atoms with Crippen LogP contribution in [0.5, 0.6) is 11.6 Å². The van der Waals surface area contributed by atoms with Gasteiger partial charge in [-0.3, -0.25) is 9.78 Å². The zero-order valence-electron chi connectivity index (χ0n) is 16.1. The number of amides is 1. The first-order valence-corrected chi connectivity index (χ1v) is 9.08. The number of nitrogens with one attached hydrogen (secondary N) is 1. The van der Waals surface area contributed by atoms with Crippen LogP contribution >= 0.6 is 0 Å². The van der Waals surface area contributed by atoms with Gasteiger partial charge in [-0.1, -0.05) is 30.3 Å². The van der Waals surface area contributed by atoms with Gasteiger partial charge >= 0.3 is 0 Å². The number of carbonyl (C=O) groups is 1. The van der Waals surface area contributed by atoms with Gasteiger partial charge in [-0.2, -0.15) is 5.10 Å². The molecule has 7 nitrogen and oxygen atoms in total. The third-order valence-electron chi connectivity index (χ3n) is 4.45. The van der Waals surface area contributed by atoms with E-state index in [-0.39, 0.29) is 11.6 Å². The molecular weight excluding hydrogens is 368 g/mol. The maximum absolute atomic E-state index is 12.6. The van der Waals surface area contributed by atoms with Gasteiger partial charge in [-0.15, -0.1) is 0 Å². The van der Waals surface area contributed by atoms with Crippen molar-refractivity contribution in [3.05, 3.63) is 78.1 Å². The van der Waals surface area contributed by atoms with E-state index in [9.17, 15) is 4.79 Å². The molecule has 2 aromatic heterocycles. The Morgan fingerprint density at radius 3 is 2.72 bits per heavy atom. The van der Waals surface area contributed by atoms with Crippen LogP contribution in [0.2, 0.25) is 0 Å². The Balaban J connectivity index is 1.46. The first-order chi connectivity index (χ1) is 14.1. The summed E-state index contributed by atoms with van der Waals surface area (Å²) in [4.78, 5) is 17.0. The summed E-state index contributed by atoms with van der Waals surface area (Å²) in [6.07, 6.45) is 1.61. The lowest BCUT2D eigenvalue weighted by molar-refractivity contribution is 0.102. The minimum atomic E-state index is -0.329. The maximum Gasteiger partial charge on any atom is 0.276 e. The van der Waals surface area contributed by atoms with Crippen molar-refractivity contribution >= 4 is 22.5 Å². The molecule has 0 atom stereocenters. The van der Waals surface area contributed by atoms with Crippen LogP contribution in [0, 0.1) is 0 Å². The fraction of sp³-hybridized carbons (Fsp3) is 0.136. The van der Waals surface area contributed by atoms with Crippen molar-refractivity contribution in [2.24, 2.45) is 7.05 Å². The molecule has 0 aliphatic rings. The van der Waals surface area contributed by atoms with Crippen molar-refractivity contribution in [3.8, 4) is 11.6 Å². The minimum Gasteiger partial charge on any atom is -0.497 e. The number of hydrogen-bond donors (Lipinski definition) is 1. The number of nitrogens with zero attached hydrogens (tertiary/aromatic N) is 3. The van der Waals surface area contributed by atoms with Gasteiger partial charge in [0.1, 0.15) is 12.4 Å². The Labute approximate surface area is 167 Å². The molecule has 7 heteroatoms. The molecule has 4 aromatic rings. The van der Waals surface area contributed by atoms with Gasteiger partial charge in [-0.05, 0) is 23.8 Å². The summed E-state index contributed by atoms with van der Waals surface area (Å²) in [5, 5.41) is 7.98. The van der Waals surface area contributed by atoms with Crippen LogP contribution in [0.3, 0.4) is 0 Å². The van der Waals surface area contributed by atoms with E-state index in [1.54, 1.807) is 31.1 Å². The van der Waals surface area contributed by atoms with Gasteiger partial charge in [-0.25, -0.2) is 4.68 Å². The molecule has 0 spiro atoms. The summed E-state index contributed by atoms with van der Waals surface area (Å²) in [6.45, 7) is 0.402. The number of rotatable bonds is 6. The molecule has 0 unspecified atom stereocenters. The molecule has 1 N–H and O–H groups in total. The number of fused-ring (bicyclic) bond motifs is 1. The van der Waals surface area contributed by atoms with Gasteiger partial charge in [0, 0.05) is 24.6 Å². The fourth-order valence-electron chi connectivity index (χ4n) is 2.92. The summed E-state index contributed by atoms with van der Waals surface area (Å²) in [5.41, 5.74) is 2.69. The molecule has 146 valence electrons. The smallest absolute Gasteiger partial charge is 0.276 e. The second kappa shape index (κ2) is 8.02. The second-order valence-corrected chi connectivity index (χ2v) is 6.50. The summed E-state index contributed by atoms with van der Waals surface area (Å²) in [5.74, 6) is 0.922. The van der Waals surface area contributed by atoms with E-state index in [1.165, 1.54) is 0 Å². The Bertz CT molecular complexity index is 1160. The van der Waals surface area contributed by atoms with Gasteiger partial charge < -0.3 is 14.8 Å². The van der Waals surface area contributed by atoms with Crippen molar-refractivity contribution in [1.82, 2.24) is 14.8 Å². The predicted molar refractivity (Wildman–Crippen MR) is 110 cm³/mol. The van der Waals surface area contributed by atoms with Gasteiger partial charge in [0.25, 0.3) is 5.91 Å². The van der Waals surface area contributed by atoms with Crippen molar-refractivity contribution in [1.29, 1.82) is 0 Å². The Hall–Kier alpha value is -3.87. The Morgan fingerprint density at radius 1 is 1.10 bits per heavy atom. The molecule has 2 heterocycles. The van der Waals surface area contributed by atoms with Gasteiger partial charge in [0.15, 0.2) is 5.69 Å². The average molecular weight is 388 g/mol. The third kappa shape index (κ3) is 4.19. The van der Waals surface area contributed by atoms with Crippen LogP contribution in [0.25, 0.3) is 10.9 Å². The van der Waals surface area contributed by atoms with E-state index in [2.05, 4.69) is 15.4 Å². The molecular formula is C22H20N4O3. The summed E-state index contributed by atoms with van der Waals surface area (Å²) in [6, 6.07) is 18.9. The Morgan fingerprint density at radius 2 is 1.93 bits per heavy atom. The van der Waals surface area contributed by atoms with Gasteiger partial charge in [0.05, 0.1) is 24.5 Å². The monoisotopic (exact) mass is 388 g/mol. The lowest BCUT2D eigenvalue weighted by Gasteiger charge is -2.06. The summed E-state index contributed by atoms with van der Waals surface area (Å²) < 4.78 is 12.5. The van der Waals surface area contributed by atoms with Crippen LogP contribution < -0.4 is 14.8 Å². The molecule has 0 bridgehead atoms. The highest BCUT2D eigenvalue weighted by molar-refractivity contribution is 6.03. The van der Waals surface area contributed by atoms with Crippen molar-refractivity contribution in [3.63, 3.8) is 0 Å². The van der Waals surface area contributed by atoms with Crippen molar-refractivity contribution in [2.75, 3.05) is 12.4 Å². The molecule has 0 aliphatic heterocycles. The van der Waals surface area contributed by atoms with Crippen LogP contribution in [0.4, 0.5) is 5.69 Å². The van der Waals surface area contributed by atoms with E-state index < -0.39 is 0 Å². The highest BCUT2D eigenvalue weighted by atomic mass is 16.5. The molecule has 1 amide bonds. The molecule has 29 heavy (non-hydrogen) atoms. The number of aryl methyl sites for hydroxylation is 1. The molecule has 0 saturated carbocycles. The molecule has 0 radical (unpaired) electrons. The fourth-order valence-corrected chi connectivity index (χ4v) is 2.92. The second-order valence-electron chi connectivity index (χ2n) is 6.50. The number of ether oxygens (including phenoxy) is 2. The number of benzene rings is 2. The first kappa shape index (κ1) is 18.5. The van der Waals surface area contributed by atoms with Crippen molar-refractivity contribution in [2.45, 2.75) is 6.61 Å². The standard InChI is InChI=1S/C22H20N4O3/c1-26-21(29-14-15-6-4-3-5-7-15)12-20(25-26)22(27)24-17-10-16-8-9-18(28-2)11-19(16)23-13-17/h3-13H,14H2,1-2H3,(H,24,27). The van der Waals surface area contributed by atoms with Crippen LogP contribution in [0.1, 0.15) is 16.1 Å². The largest absolute Gasteiger partial charge is 0.497 e. The SMILES string of the molecule is COc1ccc2cc(NC(=O)c3cc(OCc4ccccc4)n(C)n3)cnc2c1. The first-order valence-electron chi connectivity index (χ1n) is 9.08. The maximum atomic E-state index is 12.6. The quantitative estimate of drug-likeness (QED) is 0.543. The van der Waals surface area contributed by atoms with E-state index in [4.69, 9.17) is 9.47 Å². The van der Waals surface area contributed by atoms with E-state index in [0.29, 0.717) is 18.2 Å². The van der Waals surface area contributed by atoms with Crippen molar-refractivity contribution < 1.29 is 14.3 Å². The number of pyridine rings is 1. The lowest BCUT2D eigenvalue weighted by atomic mass is 10.2. The van der Waals surface area contributed by atoms with E-state index in [1.807, 2.05) is 54.6 Å². The van der Waals surface area contributed by atoms with Crippen LogP contribution in [-0.4, -0.2) is 27.8 Å². The van der Waals surface area contributed by atoms with Gasteiger partial charge in [0.2, 0.25) is 5.88 Å².